The molecular weight excluding hydrogens is 333 g/mol. The Morgan fingerprint density at radius 2 is 2.19 bits per heavy atom. The van der Waals surface area contributed by atoms with E-state index in [-0.39, 0.29) is 11.9 Å². The quantitative estimate of drug-likeness (QED) is 0.720. The van der Waals surface area contributed by atoms with Crippen LogP contribution in [0.25, 0.3) is 5.78 Å². The van der Waals surface area contributed by atoms with E-state index in [2.05, 4.69) is 33.0 Å². The van der Waals surface area contributed by atoms with Gasteiger partial charge >= 0.3 is 0 Å². The summed E-state index contributed by atoms with van der Waals surface area (Å²) in [6.07, 6.45) is 3.35. The Morgan fingerprint density at radius 1 is 1.31 bits per heavy atom. The largest absolute Gasteiger partial charge is 0.370 e. The first-order valence-corrected chi connectivity index (χ1v) is 8.98. The van der Waals surface area contributed by atoms with Crippen molar-refractivity contribution in [1.82, 2.24) is 19.6 Å². The van der Waals surface area contributed by atoms with Crippen LogP contribution in [0.15, 0.2) is 30.6 Å². The fourth-order valence-electron chi connectivity index (χ4n) is 3.38. The summed E-state index contributed by atoms with van der Waals surface area (Å²) in [7, 11) is 0. The number of fused-ring (bicyclic) bond motifs is 1. The molecule has 3 heterocycles. The molecule has 136 valence electrons. The molecule has 26 heavy (non-hydrogen) atoms. The summed E-state index contributed by atoms with van der Waals surface area (Å²) in [5, 5.41) is 4.33. The maximum atomic E-state index is 13.6. The molecule has 0 amide bonds. The fourth-order valence-corrected chi connectivity index (χ4v) is 3.38. The van der Waals surface area contributed by atoms with Crippen LogP contribution in [0, 0.1) is 12.7 Å². The van der Waals surface area contributed by atoms with Gasteiger partial charge < -0.3 is 9.64 Å². The number of rotatable bonds is 4. The first kappa shape index (κ1) is 16.9. The average molecular weight is 355 g/mol. The molecule has 0 radical (unpaired) electrons. The first-order chi connectivity index (χ1) is 12.7. The van der Waals surface area contributed by atoms with Gasteiger partial charge in [-0.05, 0) is 30.5 Å². The third-order valence-corrected chi connectivity index (χ3v) is 4.74. The summed E-state index contributed by atoms with van der Waals surface area (Å²) in [4.78, 5) is 11.1. The van der Waals surface area contributed by atoms with E-state index in [4.69, 9.17) is 4.74 Å². The zero-order valence-corrected chi connectivity index (χ0v) is 15.0. The molecule has 0 aliphatic carbocycles. The molecule has 1 atom stereocenters. The number of aromatic nitrogens is 4. The van der Waals surface area contributed by atoms with Gasteiger partial charge in [-0.1, -0.05) is 25.5 Å². The van der Waals surface area contributed by atoms with Crippen molar-refractivity contribution in [2.24, 2.45) is 0 Å². The molecule has 0 N–H and O–H groups in total. The molecule has 0 bridgehead atoms. The lowest BCUT2D eigenvalue weighted by Gasteiger charge is -2.34. The van der Waals surface area contributed by atoms with Gasteiger partial charge in [0.1, 0.15) is 24.1 Å². The van der Waals surface area contributed by atoms with E-state index in [0.29, 0.717) is 24.5 Å². The first-order valence-electron chi connectivity index (χ1n) is 8.98. The number of morpholine rings is 1. The zero-order valence-electron chi connectivity index (χ0n) is 15.0. The van der Waals surface area contributed by atoms with E-state index in [9.17, 15) is 4.39 Å². The van der Waals surface area contributed by atoms with Crippen molar-refractivity contribution in [3.05, 3.63) is 53.2 Å². The number of benzene rings is 1. The molecule has 1 aromatic carbocycles. The van der Waals surface area contributed by atoms with E-state index in [1.54, 1.807) is 17.5 Å². The van der Waals surface area contributed by atoms with Gasteiger partial charge in [0.15, 0.2) is 0 Å². The zero-order chi connectivity index (χ0) is 18.1. The molecule has 0 unspecified atom stereocenters. The highest BCUT2D eigenvalue weighted by Gasteiger charge is 2.25. The Kier molecular flexibility index (Phi) is 4.55. The molecule has 0 saturated carbocycles. The predicted molar refractivity (Wildman–Crippen MR) is 96.8 cm³/mol. The fraction of sp³-hybridized carbons (Fsp3) is 0.421. The van der Waals surface area contributed by atoms with Crippen LogP contribution in [0.4, 0.5) is 10.2 Å². The van der Waals surface area contributed by atoms with Crippen LogP contribution in [-0.4, -0.2) is 39.3 Å². The van der Waals surface area contributed by atoms with Crippen LogP contribution < -0.4 is 4.90 Å². The number of halogens is 1. The second-order valence-corrected chi connectivity index (χ2v) is 6.64. The topological polar surface area (TPSA) is 55.6 Å². The van der Waals surface area contributed by atoms with Crippen molar-refractivity contribution in [1.29, 1.82) is 0 Å². The molecule has 6 nitrogen and oxygen atoms in total. The van der Waals surface area contributed by atoms with Gasteiger partial charge in [0.05, 0.1) is 6.61 Å². The molecule has 7 heteroatoms. The average Bonchev–Trinajstić information content (AvgIpc) is 3.12. The molecule has 3 aromatic rings. The molecule has 0 spiro atoms. The minimum Gasteiger partial charge on any atom is -0.370 e. The number of hydrogen-bond acceptors (Lipinski definition) is 5. The SMILES string of the molecule is CCCc1cc(N2CCO[C@H](c3ccc(F)c(C)c3)C2)n2ncnc2n1. The van der Waals surface area contributed by atoms with Crippen LogP contribution in [0.1, 0.15) is 36.3 Å². The standard InChI is InChI=1S/C19H22FN5O/c1-3-4-15-10-18(25-19(23-15)21-12-22-25)24-7-8-26-17(11-24)14-5-6-16(20)13(2)9-14/h5-6,9-10,12,17H,3-4,7-8,11H2,1-2H3/t17-/m0/s1. The normalized spacial score (nSPS) is 17.8. The third kappa shape index (κ3) is 3.14. The summed E-state index contributed by atoms with van der Waals surface area (Å²) < 4.78 is 21.3. The Bertz CT molecular complexity index is 925. The molecule has 4 rings (SSSR count). The molecule has 1 fully saturated rings. The second kappa shape index (κ2) is 6.99. The van der Waals surface area contributed by atoms with E-state index in [1.807, 2.05) is 6.07 Å². The van der Waals surface area contributed by atoms with Crippen LogP contribution in [0.5, 0.6) is 0 Å². The summed E-state index contributed by atoms with van der Waals surface area (Å²) in [6.45, 7) is 5.95. The lowest BCUT2D eigenvalue weighted by atomic mass is 10.0. The van der Waals surface area contributed by atoms with Crippen molar-refractivity contribution in [2.75, 3.05) is 24.6 Å². The maximum Gasteiger partial charge on any atom is 0.254 e. The minimum atomic E-state index is -0.191. The summed E-state index contributed by atoms with van der Waals surface area (Å²) in [5.41, 5.74) is 2.64. The van der Waals surface area contributed by atoms with Crippen LogP contribution >= 0.6 is 0 Å². The minimum absolute atomic E-state index is 0.107. The van der Waals surface area contributed by atoms with Gasteiger partial charge in [-0.15, -0.1) is 0 Å². The predicted octanol–water partition coefficient (Wildman–Crippen LogP) is 3.10. The monoisotopic (exact) mass is 355 g/mol. The molecular formula is C19H22FN5O. The van der Waals surface area contributed by atoms with Gasteiger partial charge in [0.2, 0.25) is 0 Å². The van der Waals surface area contributed by atoms with Gasteiger partial charge in [-0.2, -0.15) is 14.6 Å². The molecule has 2 aromatic heterocycles. The van der Waals surface area contributed by atoms with Crippen LogP contribution in [-0.2, 0) is 11.2 Å². The van der Waals surface area contributed by atoms with Gasteiger partial charge in [0.25, 0.3) is 5.78 Å². The highest BCUT2D eigenvalue weighted by Crippen LogP contribution is 2.27. The van der Waals surface area contributed by atoms with E-state index in [1.165, 1.54) is 12.4 Å². The van der Waals surface area contributed by atoms with E-state index in [0.717, 1.165) is 36.5 Å². The van der Waals surface area contributed by atoms with E-state index < -0.39 is 0 Å². The second-order valence-electron chi connectivity index (χ2n) is 6.64. The van der Waals surface area contributed by atoms with Crippen molar-refractivity contribution in [3.63, 3.8) is 0 Å². The smallest absolute Gasteiger partial charge is 0.254 e. The van der Waals surface area contributed by atoms with Gasteiger partial charge in [-0.25, -0.2) is 9.37 Å². The Balaban J connectivity index is 1.66. The van der Waals surface area contributed by atoms with Crippen LogP contribution in [0.3, 0.4) is 0 Å². The van der Waals surface area contributed by atoms with Gasteiger partial charge in [-0.3, -0.25) is 0 Å². The van der Waals surface area contributed by atoms with E-state index >= 15 is 0 Å². The summed E-state index contributed by atoms with van der Waals surface area (Å²) in [6, 6.07) is 7.26. The summed E-state index contributed by atoms with van der Waals surface area (Å²) >= 11 is 0. The number of ether oxygens (including phenoxy) is 1. The van der Waals surface area contributed by atoms with Gasteiger partial charge in [0, 0.05) is 24.8 Å². The van der Waals surface area contributed by atoms with Crippen LogP contribution in [0.2, 0.25) is 0 Å². The summed E-state index contributed by atoms with van der Waals surface area (Å²) in [5.74, 6) is 1.40. The molecule has 1 aliphatic rings. The lowest BCUT2D eigenvalue weighted by molar-refractivity contribution is 0.0393. The Morgan fingerprint density at radius 3 is 3.00 bits per heavy atom. The number of hydrogen-bond donors (Lipinski definition) is 0. The van der Waals surface area contributed by atoms with Crippen molar-refractivity contribution >= 4 is 11.6 Å². The Hall–Kier alpha value is -2.54. The number of aryl methyl sites for hydroxylation is 2. The number of nitrogens with zero attached hydrogens (tertiary/aromatic N) is 5. The highest BCUT2D eigenvalue weighted by atomic mass is 19.1. The van der Waals surface area contributed by atoms with Crippen molar-refractivity contribution in [3.8, 4) is 0 Å². The Labute approximate surface area is 151 Å². The highest BCUT2D eigenvalue weighted by molar-refractivity contribution is 5.48. The van der Waals surface area contributed by atoms with Crippen molar-refractivity contribution in [2.45, 2.75) is 32.8 Å². The molecule has 1 saturated heterocycles. The number of anilines is 1. The third-order valence-electron chi connectivity index (χ3n) is 4.74. The maximum absolute atomic E-state index is 13.6. The molecule has 1 aliphatic heterocycles. The lowest BCUT2D eigenvalue weighted by Crippen LogP contribution is -2.39. The van der Waals surface area contributed by atoms with Crippen molar-refractivity contribution < 1.29 is 9.13 Å².